The lowest BCUT2D eigenvalue weighted by atomic mass is 9.87. The van der Waals surface area contributed by atoms with E-state index in [0.29, 0.717) is 16.9 Å². The number of fused-ring (bicyclic) bond motifs is 2. The Bertz CT molecular complexity index is 984. The van der Waals surface area contributed by atoms with Gasteiger partial charge in [0.25, 0.3) is 0 Å². The highest BCUT2D eigenvalue weighted by molar-refractivity contribution is 6.02. The fourth-order valence-corrected chi connectivity index (χ4v) is 3.38. The van der Waals surface area contributed by atoms with Gasteiger partial charge in [-0.2, -0.15) is 0 Å². The van der Waals surface area contributed by atoms with Gasteiger partial charge >= 0.3 is 11.9 Å². The van der Waals surface area contributed by atoms with E-state index in [9.17, 15) is 14.7 Å². The first-order valence-corrected chi connectivity index (χ1v) is 8.61. The van der Waals surface area contributed by atoms with E-state index in [-0.39, 0.29) is 17.9 Å². The van der Waals surface area contributed by atoms with E-state index in [1.165, 1.54) is 14.0 Å². The standard InChI is InChI=1S/C21H22O6/c1-6-11(2)19(22)26-10-14-15-12(3)8-7-9-13(15)17(25-5)18-16(14)21(4,24)20(23)27-18/h6-9,24H,10H2,1-5H3/t21-/m1/s1. The Morgan fingerprint density at radius 3 is 2.70 bits per heavy atom. The minimum absolute atomic E-state index is 0.107. The normalized spacial score (nSPS) is 19.0. The van der Waals surface area contributed by atoms with Gasteiger partial charge in [-0.3, -0.25) is 0 Å². The lowest BCUT2D eigenvalue weighted by molar-refractivity contribution is -0.150. The fourth-order valence-electron chi connectivity index (χ4n) is 3.38. The summed E-state index contributed by atoms with van der Waals surface area (Å²) < 4.78 is 16.3. The number of hydrogen-bond donors (Lipinski definition) is 1. The minimum Gasteiger partial charge on any atom is -0.492 e. The maximum Gasteiger partial charge on any atom is 0.348 e. The van der Waals surface area contributed by atoms with Crippen molar-refractivity contribution < 1.29 is 28.9 Å². The summed E-state index contributed by atoms with van der Waals surface area (Å²) in [6.07, 6.45) is 1.66. The van der Waals surface area contributed by atoms with Crippen LogP contribution >= 0.6 is 0 Å². The fraction of sp³-hybridized carbons (Fsp3) is 0.333. The highest BCUT2D eigenvalue weighted by Gasteiger charge is 2.48. The lowest BCUT2D eigenvalue weighted by Crippen LogP contribution is -2.30. The molecule has 1 heterocycles. The van der Waals surface area contributed by atoms with E-state index in [2.05, 4.69) is 0 Å². The molecule has 3 rings (SSSR count). The topological polar surface area (TPSA) is 82.1 Å². The van der Waals surface area contributed by atoms with Crippen molar-refractivity contribution in [2.24, 2.45) is 0 Å². The predicted molar refractivity (Wildman–Crippen MR) is 99.7 cm³/mol. The molecular formula is C21H22O6. The monoisotopic (exact) mass is 370 g/mol. The van der Waals surface area contributed by atoms with E-state index in [1.807, 2.05) is 25.1 Å². The summed E-state index contributed by atoms with van der Waals surface area (Å²) in [4.78, 5) is 24.4. The van der Waals surface area contributed by atoms with Crippen LogP contribution in [-0.4, -0.2) is 24.2 Å². The molecule has 1 aliphatic heterocycles. The molecule has 6 heteroatoms. The third-order valence-electron chi connectivity index (χ3n) is 4.94. The third-order valence-corrected chi connectivity index (χ3v) is 4.94. The molecule has 27 heavy (non-hydrogen) atoms. The van der Waals surface area contributed by atoms with Crippen LogP contribution in [0.1, 0.15) is 37.5 Å². The Labute approximate surface area is 157 Å². The van der Waals surface area contributed by atoms with Crippen LogP contribution in [0.25, 0.3) is 10.8 Å². The Morgan fingerprint density at radius 1 is 1.37 bits per heavy atom. The molecule has 0 fully saturated rings. The van der Waals surface area contributed by atoms with Gasteiger partial charge in [0.2, 0.25) is 0 Å². The van der Waals surface area contributed by atoms with Gasteiger partial charge in [-0.1, -0.05) is 24.3 Å². The van der Waals surface area contributed by atoms with Crippen LogP contribution in [0, 0.1) is 6.92 Å². The number of aliphatic hydroxyl groups is 1. The molecule has 0 saturated carbocycles. The largest absolute Gasteiger partial charge is 0.492 e. The average molecular weight is 370 g/mol. The molecule has 2 aromatic rings. The zero-order chi connectivity index (χ0) is 19.9. The van der Waals surface area contributed by atoms with Crippen molar-refractivity contribution in [1.82, 2.24) is 0 Å². The smallest absolute Gasteiger partial charge is 0.348 e. The van der Waals surface area contributed by atoms with Crippen LogP contribution in [0.2, 0.25) is 0 Å². The zero-order valence-corrected chi connectivity index (χ0v) is 16.0. The molecule has 1 aliphatic rings. The molecule has 0 aliphatic carbocycles. The second-order valence-electron chi connectivity index (χ2n) is 6.72. The Hall–Kier alpha value is -2.86. The summed E-state index contributed by atoms with van der Waals surface area (Å²) >= 11 is 0. The maximum atomic E-state index is 12.3. The van der Waals surface area contributed by atoms with Crippen molar-refractivity contribution in [2.75, 3.05) is 7.11 Å². The summed E-state index contributed by atoms with van der Waals surface area (Å²) in [5.41, 5.74) is 0.318. The van der Waals surface area contributed by atoms with Gasteiger partial charge in [-0.05, 0) is 38.6 Å². The summed E-state index contributed by atoms with van der Waals surface area (Å²) in [6, 6.07) is 5.61. The molecule has 6 nitrogen and oxygen atoms in total. The van der Waals surface area contributed by atoms with Crippen LogP contribution < -0.4 is 9.47 Å². The van der Waals surface area contributed by atoms with Gasteiger partial charge in [0.05, 0.1) is 7.11 Å². The zero-order valence-electron chi connectivity index (χ0n) is 16.0. The molecule has 1 atom stereocenters. The van der Waals surface area contributed by atoms with Crippen molar-refractivity contribution in [3.05, 3.63) is 46.5 Å². The van der Waals surface area contributed by atoms with Crippen LogP contribution in [-0.2, 0) is 26.5 Å². The van der Waals surface area contributed by atoms with Gasteiger partial charge in [0, 0.05) is 22.1 Å². The number of benzene rings is 2. The van der Waals surface area contributed by atoms with E-state index in [1.54, 1.807) is 19.9 Å². The number of ether oxygens (including phenoxy) is 3. The molecule has 142 valence electrons. The number of methoxy groups -OCH3 is 1. The summed E-state index contributed by atoms with van der Waals surface area (Å²) in [6.45, 7) is 6.58. The first kappa shape index (κ1) is 18.9. The van der Waals surface area contributed by atoms with Crippen molar-refractivity contribution in [2.45, 2.75) is 39.9 Å². The first-order valence-electron chi connectivity index (χ1n) is 8.61. The van der Waals surface area contributed by atoms with E-state index < -0.39 is 17.5 Å². The molecule has 1 N–H and O–H groups in total. The van der Waals surface area contributed by atoms with Crippen molar-refractivity contribution in [3.8, 4) is 11.5 Å². The number of aryl methyl sites for hydroxylation is 1. The number of carbonyl (C=O) groups excluding carboxylic acids is 2. The number of allylic oxidation sites excluding steroid dienone is 1. The van der Waals surface area contributed by atoms with Gasteiger partial charge < -0.3 is 19.3 Å². The molecular weight excluding hydrogens is 348 g/mol. The molecule has 0 bridgehead atoms. The molecule has 0 spiro atoms. The van der Waals surface area contributed by atoms with E-state index >= 15 is 0 Å². The summed E-state index contributed by atoms with van der Waals surface area (Å²) in [5.74, 6) is -0.719. The number of rotatable bonds is 4. The number of hydrogen-bond acceptors (Lipinski definition) is 6. The average Bonchev–Trinajstić information content (AvgIpc) is 2.87. The van der Waals surface area contributed by atoms with E-state index in [0.717, 1.165) is 16.3 Å². The van der Waals surface area contributed by atoms with Crippen molar-refractivity contribution in [3.63, 3.8) is 0 Å². The maximum absolute atomic E-state index is 12.3. The van der Waals surface area contributed by atoms with Crippen molar-refractivity contribution in [1.29, 1.82) is 0 Å². The number of carbonyl (C=O) groups is 2. The summed E-state index contributed by atoms with van der Waals surface area (Å²) in [7, 11) is 1.48. The van der Waals surface area contributed by atoms with Crippen molar-refractivity contribution >= 4 is 22.7 Å². The van der Waals surface area contributed by atoms with Crippen LogP contribution in [0.3, 0.4) is 0 Å². The minimum atomic E-state index is -1.86. The third kappa shape index (κ3) is 2.86. The molecule has 0 aromatic heterocycles. The quantitative estimate of drug-likeness (QED) is 0.505. The molecule has 2 aromatic carbocycles. The van der Waals surface area contributed by atoms with E-state index in [4.69, 9.17) is 14.2 Å². The molecule has 0 radical (unpaired) electrons. The van der Waals surface area contributed by atoms with Gasteiger partial charge in [-0.25, -0.2) is 9.59 Å². The SMILES string of the molecule is CC=C(C)C(=O)OCc1c2c(c(OC)c3cccc(C)c13)OC(=O)[C@]2(C)O. The van der Waals surface area contributed by atoms with Crippen LogP contribution in [0.5, 0.6) is 11.5 Å². The van der Waals surface area contributed by atoms with Gasteiger partial charge in [0.1, 0.15) is 6.61 Å². The highest BCUT2D eigenvalue weighted by Crippen LogP contribution is 2.51. The Kier molecular flexibility index (Phi) is 4.70. The van der Waals surface area contributed by atoms with Gasteiger partial charge in [0.15, 0.2) is 17.1 Å². The van der Waals surface area contributed by atoms with Gasteiger partial charge in [-0.15, -0.1) is 0 Å². The first-order chi connectivity index (χ1) is 12.7. The second kappa shape index (κ2) is 6.70. The second-order valence-corrected chi connectivity index (χ2v) is 6.72. The number of esters is 2. The summed E-state index contributed by atoms with van der Waals surface area (Å²) in [5, 5.41) is 12.3. The highest BCUT2D eigenvalue weighted by atomic mass is 16.6. The Balaban J connectivity index is 2.30. The Morgan fingerprint density at radius 2 is 2.07 bits per heavy atom. The predicted octanol–water partition coefficient (Wildman–Crippen LogP) is 3.29. The molecule has 0 amide bonds. The lowest BCUT2D eigenvalue weighted by Gasteiger charge is -2.21. The van der Waals surface area contributed by atoms with Crippen LogP contribution in [0.4, 0.5) is 0 Å². The molecule has 0 unspecified atom stereocenters. The molecule has 0 saturated heterocycles. The van der Waals surface area contributed by atoms with Crippen LogP contribution in [0.15, 0.2) is 29.8 Å².